The molecule has 0 unspecified atom stereocenters. The first kappa shape index (κ1) is 10.5. The summed E-state index contributed by atoms with van der Waals surface area (Å²) in [5.74, 6) is 0.633. The van der Waals surface area contributed by atoms with Crippen molar-refractivity contribution in [1.29, 1.82) is 0 Å². The summed E-state index contributed by atoms with van der Waals surface area (Å²) in [4.78, 5) is 11.2. The molecule has 0 aromatic heterocycles. The summed E-state index contributed by atoms with van der Waals surface area (Å²) in [5, 5.41) is 3.77. The maximum absolute atomic E-state index is 7.67. The molecule has 0 saturated heterocycles. The van der Waals surface area contributed by atoms with E-state index >= 15 is 0 Å². The molecule has 1 aliphatic heterocycles. The van der Waals surface area contributed by atoms with Crippen LogP contribution < -0.4 is 0 Å². The minimum Gasteiger partial charge on any atom is -0.396 e. The lowest BCUT2D eigenvalue weighted by Gasteiger charge is -2.08. The van der Waals surface area contributed by atoms with Gasteiger partial charge in [-0.25, -0.2) is 0 Å². The van der Waals surface area contributed by atoms with Crippen LogP contribution >= 0.6 is 0 Å². The number of rotatable bonds is 7. The Bertz CT molecular complexity index is 266. The topological polar surface area (TPSA) is 37.2 Å². The van der Waals surface area contributed by atoms with Gasteiger partial charge in [0.25, 0.3) is 0 Å². The zero-order chi connectivity index (χ0) is 11.8. The maximum Gasteiger partial charge on any atom is 0.145 e. The molecule has 4 nitrogen and oxygen atoms in total. The van der Waals surface area contributed by atoms with Gasteiger partial charge in [-0.15, -0.1) is 0 Å². The average molecular weight is 213 g/mol. The largest absolute Gasteiger partial charge is 0.396 e. The van der Waals surface area contributed by atoms with Crippen LogP contribution in [0.15, 0.2) is 10.1 Å². The quantitative estimate of drug-likeness (QED) is 0.368. The van der Waals surface area contributed by atoms with E-state index in [9.17, 15) is 0 Å². The van der Waals surface area contributed by atoms with Crippen LogP contribution in [0.2, 0.25) is 0 Å². The zero-order valence-corrected chi connectivity index (χ0v) is 9.70. The fourth-order valence-corrected chi connectivity index (χ4v) is 1.37. The molecule has 0 bridgehead atoms. The molecule has 0 aliphatic carbocycles. The molecule has 0 amide bonds. The number of nitrogens with zero attached hydrogens (tertiary/aromatic N) is 3. The highest BCUT2D eigenvalue weighted by Gasteiger charge is 2.08. The van der Waals surface area contributed by atoms with Gasteiger partial charge in [-0.05, 0) is 12.8 Å². The molecule has 0 fully saturated rings. The fourth-order valence-electron chi connectivity index (χ4n) is 1.37. The van der Waals surface area contributed by atoms with Gasteiger partial charge >= 0.3 is 0 Å². The Hall–Kier alpha value is -1.06. The van der Waals surface area contributed by atoms with Crippen LogP contribution in [-0.4, -0.2) is 43.7 Å². The Kier molecular flexibility index (Phi) is 5.06. The van der Waals surface area contributed by atoms with Crippen LogP contribution in [0.3, 0.4) is 0 Å². The Morgan fingerprint density at radius 1 is 1.60 bits per heavy atom. The van der Waals surface area contributed by atoms with Gasteiger partial charge in [-0.2, -0.15) is 0 Å². The number of likely N-dealkylation sites (N-methyl/N-ethyl adjacent to an activating group) is 1. The Morgan fingerprint density at radius 3 is 3.13 bits per heavy atom. The third kappa shape index (κ3) is 4.81. The van der Waals surface area contributed by atoms with E-state index in [1.54, 1.807) is 0 Å². The molecule has 0 saturated carbocycles. The summed E-state index contributed by atoms with van der Waals surface area (Å²) in [6, 6.07) is 0. The lowest BCUT2D eigenvalue weighted by atomic mass is 10.2. The molecule has 15 heavy (non-hydrogen) atoms. The van der Waals surface area contributed by atoms with Crippen molar-refractivity contribution in [3.8, 4) is 0 Å². The Balaban J connectivity index is 2.18. The molecular weight excluding hydrogens is 190 g/mol. The highest BCUT2D eigenvalue weighted by Crippen LogP contribution is 1.99. The Labute approximate surface area is 93.4 Å². The van der Waals surface area contributed by atoms with Crippen LogP contribution in [0.1, 0.15) is 34.0 Å². The van der Waals surface area contributed by atoms with Crippen molar-refractivity contribution in [3.63, 3.8) is 0 Å². The second kappa shape index (κ2) is 7.26. The highest BCUT2D eigenvalue weighted by molar-refractivity contribution is 6.29. The summed E-state index contributed by atoms with van der Waals surface area (Å²) in [6.07, 6.45) is 4.76. The third-order valence-electron chi connectivity index (χ3n) is 2.36. The summed E-state index contributed by atoms with van der Waals surface area (Å²) >= 11 is 0. The van der Waals surface area contributed by atoms with Crippen LogP contribution in [0.25, 0.3) is 0 Å². The molecule has 1 rings (SSSR count). The SMILES string of the molecule is [3H]C(=NOCCCCCC)C1=NCCN1C. The van der Waals surface area contributed by atoms with Crippen LogP contribution in [-0.2, 0) is 4.84 Å². The molecule has 0 atom stereocenters. The van der Waals surface area contributed by atoms with E-state index in [-0.39, 0.29) is 6.19 Å². The van der Waals surface area contributed by atoms with Gasteiger partial charge in [0.15, 0.2) is 0 Å². The van der Waals surface area contributed by atoms with Gasteiger partial charge in [0.2, 0.25) is 0 Å². The second-order valence-corrected chi connectivity index (χ2v) is 3.72. The lowest BCUT2D eigenvalue weighted by molar-refractivity contribution is 0.141. The van der Waals surface area contributed by atoms with E-state index in [0.29, 0.717) is 12.4 Å². The van der Waals surface area contributed by atoms with Crippen molar-refractivity contribution in [2.75, 3.05) is 26.7 Å². The van der Waals surface area contributed by atoms with E-state index in [1.165, 1.54) is 19.3 Å². The van der Waals surface area contributed by atoms with E-state index in [4.69, 9.17) is 6.21 Å². The molecule has 4 heteroatoms. The number of hydrogen-bond acceptors (Lipinski definition) is 4. The first-order valence-electron chi connectivity index (χ1n) is 6.18. The molecule has 0 radical (unpaired) electrons. The molecule has 1 heterocycles. The fraction of sp³-hybridized carbons (Fsp3) is 0.818. The number of unbranched alkanes of at least 4 members (excludes halogenated alkanes) is 3. The predicted molar refractivity (Wildman–Crippen MR) is 63.5 cm³/mol. The molecule has 0 N–H and O–H groups in total. The predicted octanol–water partition coefficient (Wildman–Crippen LogP) is 1.91. The summed E-state index contributed by atoms with van der Waals surface area (Å²) in [5.41, 5.74) is 0. The first-order valence-corrected chi connectivity index (χ1v) is 5.68. The van der Waals surface area contributed by atoms with Gasteiger partial charge in [0.05, 0.1) is 7.92 Å². The van der Waals surface area contributed by atoms with Crippen molar-refractivity contribution in [2.45, 2.75) is 32.6 Å². The molecule has 86 valence electrons. The third-order valence-corrected chi connectivity index (χ3v) is 2.36. The second-order valence-electron chi connectivity index (χ2n) is 3.72. The molecular formula is C11H21N3O. The maximum atomic E-state index is 7.67. The van der Waals surface area contributed by atoms with Gasteiger partial charge in [0, 0.05) is 13.6 Å². The van der Waals surface area contributed by atoms with Crippen molar-refractivity contribution in [2.24, 2.45) is 10.1 Å². The van der Waals surface area contributed by atoms with Crippen LogP contribution in [0, 0.1) is 0 Å². The van der Waals surface area contributed by atoms with Crippen molar-refractivity contribution in [1.82, 2.24) is 4.90 Å². The minimum absolute atomic E-state index is 0.135. The number of aliphatic imine (C=N–C) groups is 1. The zero-order valence-electron chi connectivity index (χ0n) is 10.7. The molecule has 0 spiro atoms. The van der Waals surface area contributed by atoms with Crippen LogP contribution in [0.5, 0.6) is 0 Å². The van der Waals surface area contributed by atoms with E-state index in [1.807, 2.05) is 11.9 Å². The van der Waals surface area contributed by atoms with E-state index < -0.39 is 0 Å². The number of amidine groups is 1. The smallest absolute Gasteiger partial charge is 0.145 e. The molecule has 0 aromatic rings. The summed E-state index contributed by atoms with van der Waals surface area (Å²) < 4.78 is 7.67. The Morgan fingerprint density at radius 2 is 2.47 bits per heavy atom. The van der Waals surface area contributed by atoms with Crippen molar-refractivity contribution in [3.05, 3.63) is 0 Å². The van der Waals surface area contributed by atoms with Gasteiger partial charge in [-0.1, -0.05) is 24.9 Å². The van der Waals surface area contributed by atoms with E-state index in [0.717, 1.165) is 19.5 Å². The monoisotopic (exact) mass is 213 g/mol. The normalized spacial score (nSPS) is 17.7. The summed E-state index contributed by atoms with van der Waals surface area (Å²) in [6.45, 7) is 4.39. The number of hydrogen-bond donors (Lipinski definition) is 0. The standard InChI is InChI=1S/C11H21N3O/c1-3-4-5-6-9-15-13-10-11-12-7-8-14(11)2/h10H,3-9H2,1-2H3/i10T. The van der Waals surface area contributed by atoms with Crippen molar-refractivity contribution < 1.29 is 6.21 Å². The first-order chi connectivity index (χ1) is 7.75. The van der Waals surface area contributed by atoms with Crippen LogP contribution in [0.4, 0.5) is 0 Å². The molecule has 1 aliphatic rings. The lowest BCUT2D eigenvalue weighted by Crippen LogP contribution is -2.23. The molecule has 0 aromatic carbocycles. The van der Waals surface area contributed by atoms with Gasteiger partial charge < -0.3 is 9.74 Å². The average Bonchev–Trinajstić information content (AvgIpc) is 2.69. The minimum atomic E-state index is 0.135. The van der Waals surface area contributed by atoms with Gasteiger partial charge in [-0.3, -0.25) is 4.99 Å². The number of oxime groups is 1. The van der Waals surface area contributed by atoms with E-state index in [2.05, 4.69) is 17.1 Å². The highest BCUT2D eigenvalue weighted by atomic mass is 16.6. The van der Waals surface area contributed by atoms with Gasteiger partial charge in [0.1, 0.15) is 18.6 Å². The van der Waals surface area contributed by atoms with Crippen molar-refractivity contribution >= 4 is 12.0 Å². The summed E-state index contributed by atoms with van der Waals surface area (Å²) in [7, 11) is 1.91.